The van der Waals surface area contributed by atoms with Crippen molar-refractivity contribution in [2.75, 3.05) is 13.2 Å². The molecule has 0 aromatic heterocycles. The molecule has 0 unspecified atom stereocenters. The first-order valence-corrected chi connectivity index (χ1v) is 23.5. The number of esters is 2. The Hall–Kier alpha value is -0.814. The molecule has 1 aromatic carbocycles. The minimum Gasteiger partial charge on any atom is -0.744 e. The average molecular weight is 813 g/mol. The van der Waals surface area contributed by atoms with Crippen molar-refractivity contribution < 1.29 is 83.4 Å². The number of hydrogen-bond donors (Lipinski definition) is 0. The number of allylic oxidation sites excluding steroid dienone is 4. The Morgan fingerprint density at radius 2 is 0.836 bits per heavy atom. The van der Waals surface area contributed by atoms with Gasteiger partial charge in [-0.3, -0.25) is 0 Å². The summed E-state index contributed by atoms with van der Waals surface area (Å²) < 4.78 is 46.7. The zero-order chi connectivity index (χ0) is 39.4. The third-order valence-electron chi connectivity index (χ3n) is 10.0. The van der Waals surface area contributed by atoms with Gasteiger partial charge in [0.05, 0.1) is 29.2 Å². The Balaban J connectivity index is 0.0000292. The maximum atomic E-state index is 13.0. The van der Waals surface area contributed by atoms with E-state index >= 15 is 0 Å². The topological polar surface area (TPSA) is 110 Å². The molecule has 0 radical (unpaired) electrons. The van der Waals surface area contributed by atoms with E-state index in [0.717, 1.165) is 57.4 Å². The third-order valence-corrected chi connectivity index (χ3v) is 10.9. The molecule has 1 aromatic rings. The zero-order valence-electron chi connectivity index (χ0n) is 35.4. The van der Waals surface area contributed by atoms with Gasteiger partial charge in [-0.15, -0.1) is 0 Å². The molecular formula is C46H77KO7S. The molecule has 0 saturated heterocycles. The van der Waals surface area contributed by atoms with Crippen LogP contribution in [-0.4, -0.2) is 38.1 Å². The van der Waals surface area contributed by atoms with Gasteiger partial charge >= 0.3 is 63.3 Å². The molecule has 7 nitrogen and oxygen atoms in total. The SMILES string of the molecule is CC/C=C/CCCCCCCCCCCCCCCOC(=O)c1cccc(S(=O)(=O)[O-])c1C(=O)OCCCCCCCCCCCCCCC/C=C/CC.[K+]. The van der Waals surface area contributed by atoms with E-state index in [0.29, 0.717) is 12.8 Å². The maximum Gasteiger partial charge on any atom is 1.00 e. The van der Waals surface area contributed by atoms with Crippen molar-refractivity contribution in [1.29, 1.82) is 0 Å². The van der Waals surface area contributed by atoms with E-state index in [-0.39, 0.29) is 70.2 Å². The Morgan fingerprint density at radius 3 is 1.18 bits per heavy atom. The minimum absolute atomic E-state index is 0. The number of rotatable bonds is 37. The van der Waals surface area contributed by atoms with Crippen molar-refractivity contribution in [3.8, 4) is 0 Å². The number of unbranched alkanes of at least 4 members (excludes halogenated alkanes) is 26. The second-order valence-electron chi connectivity index (χ2n) is 14.9. The van der Waals surface area contributed by atoms with E-state index in [4.69, 9.17) is 9.47 Å². The van der Waals surface area contributed by atoms with Crippen molar-refractivity contribution in [1.82, 2.24) is 0 Å². The molecule has 0 N–H and O–H groups in total. The smallest absolute Gasteiger partial charge is 0.744 e. The van der Waals surface area contributed by atoms with Crippen LogP contribution in [0, 0.1) is 0 Å². The van der Waals surface area contributed by atoms with Crippen LogP contribution in [0.5, 0.6) is 0 Å². The van der Waals surface area contributed by atoms with Gasteiger partial charge < -0.3 is 14.0 Å². The summed E-state index contributed by atoms with van der Waals surface area (Å²) >= 11 is 0. The van der Waals surface area contributed by atoms with Crippen molar-refractivity contribution in [2.45, 2.75) is 211 Å². The van der Waals surface area contributed by atoms with E-state index in [9.17, 15) is 22.6 Å². The van der Waals surface area contributed by atoms with Crippen LogP contribution in [0.4, 0.5) is 0 Å². The Kier molecular flexibility index (Phi) is 38.1. The molecule has 0 aliphatic heterocycles. The van der Waals surface area contributed by atoms with Gasteiger partial charge in [0.25, 0.3) is 0 Å². The summed E-state index contributed by atoms with van der Waals surface area (Å²) in [5, 5.41) is 0. The molecule has 0 bridgehead atoms. The summed E-state index contributed by atoms with van der Waals surface area (Å²) in [4.78, 5) is 25.2. The number of carbonyl (C=O) groups excluding carboxylic acids is 2. The predicted octanol–water partition coefficient (Wildman–Crippen LogP) is 10.8. The van der Waals surface area contributed by atoms with E-state index in [2.05, 4.69) is 38.2 Å². The van der Waals surface area contributed by atoms with E-state index in [1.807, 2.05) is 0 Å². The number of ether oxygens (including phenoxy) is 2. The van der Waals surface area contributed by atoms with Crippen molar-refractivity contribution >= 4 is 22.1 Å². The first-order valence-electron chi connectivity index (χ1n) is 22.1. The van der Waals surface area contributed by atoms with Crippen molar-refractivity contribution in [3.63, 3.8) is 0 Å². The summed E-state index contributed by atoms with van der Waals surface area (Å²) in [5.41, 5.74) is -0.776. The van der Waals surface area contributed by atoms with Gasteiger partial charge in [0.1, 0.15) is 10.1 Å². The van der Waals surface area contributed by atoms with Crippen LogP contribution in [0.1, 0.15) is 227 Å². The summed E-state index contributed by atoms with van der Waals surface area (Å²) in [6, 6.07) is 3.63. The molecule has 0 amide bonds. The second-order valence-corrected chi connectivity index (χ2v) is 16.3. The van der Waals surface area contributed by atoms with Crippen molar-refractivity contribution in [2.24, 2.45) is 0 Å². The molecule has 0 aliphatic carbocycles. The molecule has 55 heavy (non-hydrogen) atoms. The monoisotopic (exact) mass is 813 g/mol. The maximum absolute atomic E-state index is 13.0. The first kappa shape index (κ1) is 54.2. The van der Waals surface area contributed by atoms with Crippen LogP contribution in [0.3, 0.4) is 0 Å². The van der Waals surface area contributed by atoms with Gasteiger partial charge in [-0.1, -0.05) is 185 Å². The Morgan fingerprint density at radius 1 is 0.509 bits per heavy atom. The Labute approximate surface area is 380 Å². The number of hydrogen-bond acceptors (Lipinski definition) is 7. The van der Waals surface area contributed by atoms with E-state index in [1.165, 1.54) is 141 Å². The molecule has 0 saturated carbocycles. The number of carbonyl (C=O) groups is 2. The number of benzene rings is 1. The van der Waals surface area contributed by atoms with Gasteiger partial charge in [0, 0.05) is 0 Å². The van der Waals surface area contributed by atoms with Crippen molar-refractivity contribution in [3.05, 3.63) is 53.6 Å². The van der Waals surface area contributed by atoms with Gasteiger partial charge in [0.15, 0.2) is 0 Å². The molecule has 0 aliphatic rings. The van der Waals surface area contributed by atoms with Crippen LogP contribution < -0.4 is 51.4 Å². The standard InChI is InChI=1S/C46H78O7S.K/c1-3-5-7-9-11-13-15-17-19-21-23-25-27-29-31-33-35-40-52-45(47)42-38-37-39-43(54(49,50)51)44(42)46(48)53-41-36-34-32-30-28-26-24-22-20-18-16-14-12-10-8-6-4-2;/h5-8,37-39H,3-4,9-36,40-41H2,1-2H3,(H,49,50,51);/q;+1/p-1/b7-5+,8-6+;. The summed E-state index contributed by atoms with van der Waals surface area (Å²) in [6.45, 7) is 4.60. The fraction of sp³-hybridized carbons (Fsp3) is 0.739. The van der Waals surface area contributed by atoms with Crippen LogP contribution in [0.15, 0.2) is 47.4 Å². The predicted molar refractivity (Wildman–Crippen MR) is 223 cm³/mol. The summed E-state index contributed by atoms with van der Waals surface area (Å²) in [6.07, 6.45) is 44.7. The molecule has 1 rings (SSSR count). The molecule has 0 spiro atoms. The zero-order valence-corrected chi connectivity index (χ0v) is 39.4. The minimum atomic E-state index is -5.01. The summed E-state index contributed by atoms with van der Waals surface area (Å²) in [5.74, 6) is -1.81. The molecule has 9 heteroatoms. The largest absolute Gasteiger partial charge is 1.00 e. The molecular weight excluding hydrogens is 736 g/mol. The summed E-state index contributed by atoms with van der Waals surface area (Å²) in [7, 11) is -5.01. The second kappa shape index (κ2) is 38.7. The quantitative estimate of drug-likeness (QED) is 0.0216. The molecule has 0 atom stereocenters. The molecule has 0 heterocycles. The third kappa shape index (κ3) is 30.9. The normalized spacial score (nSPS) is 11.7. The van der Waals surface area contributed by atoms with Crippen LogP contribution in [-0.2, 0) is 19.6 Å². The Bertz CT molecular complexity index is 1240. The van der Waals surface area contributed by atoms with Crippen LogP contribution >= 0.6 is 0 Å². The molecule has 0 fully saturated rings. The van der Waals surface area contributed by atoms with E-state index < -0.39 is 32.5 Å². The van der Waals surface area contributed by atoms with Gasteiger partial charge in [0.2, 0.25) is 0 Å². The fourth-order valence-electron chi connectivity index (χ4n) is 6.79. The van der Waals surface area contributed by atoms with Gasteiger partial charge in [-0.05, 0) is 63.5 Å². The first-order chi connectivity index (χ1) is 26.3. The van der Waals surface area contributed by atoms with E-state index in [1.54, 1.807) is 0 Å². The van der Waals surface area contributed by atoms with Gasteiger partial charge in [-0.25, -0.2) is 18.0 Å². The van der Waals surface area contributed by atoms with Crippen LogP contribution in [0.2, 0.25) is 0 Å². The van der Waals surface area contributed by atoms with Crippen LogP contribution in [0.25, 0.3) is 0 Å². The van der Waals surface area contributed by atoms with Gasteiger partial charge in [-0.2, -0.15) is 0 Å². The fourth-order valence-corrected chi connectivity index (χ4v) is 7.47. The molecule has 310 valence electrons. The average Bonchev–Trinajstić information content (AvgIpc) is 3.16.